The monoisotopic (exact) mass is 480 g/mol. The van der Waals surface area contributed by atoms with E-state index in [0.717, 1.165) is 52.9 Å². The van der Waals surface area contributed by atoms with Gasteiger partial charge in [0.1, 0.15) is 0 Å². The van der Waals surface area contributed by atoms with Gasteiger partial charge in [-0.2, -0.15) is 0 Å². The van der Waals surface area contributed by atoms with E-state index in [4.69, 9.17) is 13.6 Å². The van der Waals surface area contributed by atoms with E-state index in [1.807, 2.05) is 54.6 Å². The second-order valence-corrected chi connectivity index (χ2v) is 11.6. The van der Waals surface area contributed by atoms with Crippen LogP contribution in [0.5, 0.6) is 17.2 Å². The third-order valence-electron chi connectivity index (χ3n) is 6.16. The van der Waals surface area contributed by atoms with Crippen LogP contribution in [0.3, 0.4) is 0 Å². The summed E-state index contributed by atoms with van der Waals surface area (Å²) in [6.45, 7) is 8.48. The van der Waals surface area contributed by atoms with Gasteiger partial charge in [-0.3, -0.25) is 0 Å². The van der Waals surface area contributed by atoms with Gasteiger partial charge in [0.25, 0.3) is 0 Å². The van der Waals surface area contributed by atoms with Crippen LogP contribution >= 0.6 is 7.94 Å². The molecule has 3 aromatic rings. The Balaban J connectivity index is 1.91. The predicted octanol–water partition coefficient (Wildman–Crippen LogP) is 9.39. The first-order valence-corrected chi connectivity index (χ1v) is 14.7. The Hall–Kier alpha value is -2.51. The van der Waals surface area contributed by atoms with Crippen LogP contribution in [0.1, 0.15) is 68.6 Å². The van der Waals surface area contributed by atoms with Crippen LogP contribution in [0, 0.1) is 20.8 Å². The maximum atomic E-state index is 6.79. The standard InChI is InChI=1S/C30H41O3P/c1-5-6-7-8-9-10-17-24-34(31-28-21-14-11-18-25(28)2,32-29-22-15-12-19-26(29)3)33-30-23-16-13-20-27(30)4/h11-16,18-23,34H,5-10,17,24H2,1-4H3. The summed E-state index contributed by atoms with van der Waals surface area (Å²) >= 11 is 0. The number of hydrogen-bond donors (Lipinski definition) is 0. The fraction of sp³-hybridized carbons (Fsp3) is 0.400. The molecule has 3 aromatic carbocycles. The second-order valence-electron chi connectivity index (χ2n) is 9.16. The molecule has 0 saturated heterocycles. The van der Waals surface area contributed by atoms with Crippen molar-refractivity contribution in [1.29, 1.82) is 0 Å². The van der Waals surface area contributed by atoms with Crippen molar-refractivity contribution in [3.63, 3.8) is 0 Å². The van der Waals surface area contributed by atoms with Crippen molar-refractivity contribution in [2.45, 2.75) is 72.6 Å². The third kappa shape index (κ3) is 7.77. The molecular weight excluding hydrogens is 439 g/mol. The average Bonchev–Trinajstić information content (AvgIpc) is 2.83. The predicted molar refractivity (Wildman–Crippen MR) is 147 cm³/mol. The van der Waals surface area contributed by atoms with Crippen molar-refractivity contribution in [1.82, 2.24) is 0 Å². The summed E-state index contributed by atoms with van der Waals surface area (Å²) < 4.78 is 20.4. The zero-order valence-corrected chi connectivity index (χ0v) is 22.3. The Morgan fingerprint density at radius 3 is 1.24 bits per heavy atom. The number of rotatable bonds is 14. The molecule has 0 unspecified atom stereocenters. The van der Waals surface area contributed by atoms with Crippen LogP contribution in [0.15, 0.2) is 72.8 Å². The molecule has 0 spiro atoms. The van der Waals surface area contributed by atoms with Gasteiger partial charge >= 0.3 is 207 Å². The Morgan fingerprint density at radius 1 is 0.500 bits per heavy atom. The van der Waals surface area contributed by atoms with Crippen molar-refractivity contribution in [2.75, 3.05) is 6.16 Å². The molecule has 0 heterocycles. The van der Waals surface area contributed by atoms with Gasteiger partial charge in [-0.25, -0.2) is 0 Å². The molecule has 0 aromatic heterocycles. The molecular formula is C30H41O3P. The molecule has 0 atom stereocenters. The van der Waals surface area contributed by atoms with E-state index < -0.39 is 7.94 Å². The van der Waals surface area contributed by atoms with Gasteiger partial charge < -0.3 is 0 Å². The second kappa shape index (κ2) is 13.4. The number of aryl methyl sites for hydroxylation is 3. The minimum absolute atomic E-state index is 0.762. The first-order chi connectivity index (χ1) is 16.5. The molecule has 3 rings (SSSR count). The normalized spacial score (nSPS) is 11.8. The van der Waals surface area contributed by atoms with E-state index in [1.54, 1.807) is 0 Å². The van der Waals surface area contributed by atoms with Crippen molar-refractivity contribution in [3.8, 4) is 17.2 Å². The van der Waals surface area contributed by atoms with E-state index in [9.17, 15) is 0 Å². The number of unbranched alkanes of at least 4 members (excludes halogenated alkanes) is 6. The Morgan fingerprint density at radius 2 is 0.853 bits per heavy atom. The maximum absolute atomic E-state index is 6.79. The minimum atomic E-state index is -3.19. The van der Waals surface area contributed by atoms with Crippen molar-refractivity contribution >= 4 is 7.94 Å². The summed E-state index contributed by atoms with van der Waals surface area (Å²) in [4.78, 5) is 0. The first kappa shape index (κ1) is 26.1. The molecule has 0 amide bonds. The summed E-state index contributed by atoms with van der Waals surface area (Å²) in [5, 5.41) is 0. The Labute approximate surface area is 207 Å². The van der Waals surface area contributed by atoms with E-state index in [1.165, 1.54) is 32.1 Å². The molecule has 0 aliphatic carbocycles. The van der Waals surface area contributed by atoms with Crippen molar-refractivity contribution in [3.05, 3.63) is 89.5 Å². The van der Waals surface area contributed by atoms with Crippen LogP contribution in [-0.4, -0.2) is 6.16 Å². The SMILES string of the molecule is CCCCCCCCC[PH](Oc1ccccc1C)(Oc1ccccc1C)Oc1ccccc1C. The molecule has 184 valence electrons. The summed E-state index contributed by atoms with van der Waals surface area (Å²) in [5.74, 6) is 2.50. The van der Waals surface area contributed by atoms with E-state index in [-0.39, 0.29) is 0 Å². The Bertz CT molecular complexity index is 902. The van der Waals surface area contributed by atoms with Crippen LogP contribution in [0.25, 0.3) is 0 Å². The summed E-state index contributed by atoms with van der Waals surface area (Å²) in [6.07, 6.45) is 9.38. The topological polar surface area (TPSA) is 27.7 Å². The zero-order chi connectivity index (χ0) is 24.2. The Kier molecular flexibility index (Phi) is 10.3. The zero-order valence-electron chi connectivity index (χ0n) is 21.3. The fourth-order valence-corrected chi connectivity index (χ4v) is 6.84. The van der Waals surface area contributed by atoms with Crippen LogP contribution in [0.4, 0.5) is 0 Å². The molecule has 34 heavy (non-hydrogen) atoms. The first-order valence-electron chi connectivity index (χ1n) is 12.8. The quantitative estimate of drug-likeness (QED) is 0.170. The van der Waals surface area contributed by atoms with Gasteiger partial charge in [0, 0.05) is 0 Å². The van der Waals surface area contributed by atoms with Gasteiger partial charge in [0.05, 0.1) is 0 Å². The molecule has 3 nitrogen and oxygen atoms in total. The summed E-state index contributed by atoms with van der Waals surface area (Å²) in [7, 11) is -3.19. The van der Waals surface area contributed by atoms with Gasteiger partial charge in [0.2, 0.25) is 0 Å². The van der Waals surface area contributed by atoms with E-state index in [2.05, 4.69) is 45.9 Å². The molecule has 0 bridgehead atoms. The molecule has 0 aliphatic rings. The van der Waals surface area contributed by atoms with Crippen LogP contribution in [-0.2, 0) is 0 Å². The number of benzene rings is 3. The van der Waals surface area contributed by atoms with E-state index >= 15 is 0 Å². The van der Waals surface area contributed by atoms with Gasteiger partial charge in [0.15, 0.2) is 0 Å². The molecule has 4 heteroatoms. The van der Waals surface area contributed by atoms with Crippen molar-refractivity contribution < 1.29 is 13.6 Å². The number of para-hydroxylation sites is 3. The van der Waals surface area contributed by atoms with Crippen LogP contribution < -0.4 is 13.6 Å². The summed E-state index contributed by atoms with van der Waals surface area (Å²) in [6, 6.07) is 24.4. The molecule has 0 radical (unpaired) electrons. The van der Waals surface area contributed by atoms with E-state index in [0.29, 0.717) is 0 Å². The fourth-order valence-electron chi connectivity index (χ4n) is 4.03. The van der Waals surface area contributed by atoms with Gasteiger partial charge in [-0.05, 0) is 0 Å². The summed E-state index contributed by atoms with van der Waals surface area (Å²) in [5.41, 5.74) is 3.25. The molecule has 0 N–H and O–H groups in total. The number of hydrogen-bond acceptors (Lipinski definition) is 3. The van der Waals surface area contributed by atoms with Gasteiger partial charge in [-0.1, -0.05) is 0 Å². The van der Waals surface area contributed by atoms with Crippen molar-refractivity contribution in [2.24, 2.45) is 0 Å². The third-order valence-corrected chi connectivity index (χ3v) is 8.72. The molecule has 0 aliphatic heterocycles. The average molecular weight is 481 g/mol. The van der Waals surface area contributed by atoms with Crippen LogP contribution in [0.2, 0.25) is 0 Å². The molecule has 0 saturated carbocycles. The van der Waals surface area contributed by atoms with Gasteiger partial charge in [-0.15, -0.1) is 0 Å². The molecule has 0 fully saturated rings.